The lowest BCUT2D eigenvalue weighted by Gasteiger charge is -2.41. The van der Waals surface area contributed by atoms with Crippen LogP contribution in [0.5, 0.6) is 0 Å². The number of piperidine rings is 1. The summed E-state index contributed by atoms with van der Waals surface area (Å²) in [4.78, 5) is 14.6. The molecule has 122 valence electrons. The molecule has 4 heteroatoms. The minimum absolute atomic E-state index is 0.657. The minimum Gasteiger partial charge on any atom is -0.354 e. The van der Waals surface area contributed by atoms with Crippen molar-refractivity contribution >= 4 is 16.9 Å². The first-order valence-electron chi connectivity index (χ1n) is 8.96. The van der Waals surface area contributed by atoms with Gasteiger partial charge in [0.25, 0.3) is 0 Å². The Morgan fingerprint density at radius 2 is 1.74 bits per heavy atom. The fourth-order valence-electron chi connectivity index (χ4n) is 4.44. The molecule has 2 aliphatic heterocycles. The fourth-order valence-corrected chi connectivity index (χ4v) is 4.44. The van der Waals surface area contributed by atoms with Gasteiger partial charge < -0.3 is 4.90 Å². The normalized spacial score (nSPS) is 29.3. The molecule has 3 heterocycles. The Morgan fingerprint density at radius 3 is 2.52 bits per heavy atom. The predicted molar refractivity (Wildman–Crippen MR) is 94.8 cm³/mol. The average molecular weight is 310 g/mol. The Labute approximate surface area is 138 Å². The second-order valence-corrected chi connectivity index (χ2v) is 7.18. The molecule has 4 rings (SSSR count). The van der Waals surface area contributed by atoms with Crippen LogP contribution in [0, 0.1) is 0 Å². The number of aromatic nitrogens is 2. The van der Waals surface area contributed by atoms with Crippen molar-refractivity contribution in [3.05, 3.63) is 30.5 Å². The van der Waals surface area contributed by atoms with Crippen LogP contribution < -0.4 is 4.90 Å². The summed E-state index contributed by atoms with van der Waals surface area (Å²) in [6.45, 7) is 6.96. The van der Waals surface area contributed by atoms with Gasteiger partial charge in [0.15, 0.2) is 0 Å². The standard InChI is InChI=1S/C19H26N4/c1-14-9-10-15(2)23(14)16-6-5-11-22(13-16)19-12-20-17-7-3-4-8-18(17)21-19/h3-4,7-8,12,14-16H,5-6,9-11,13H2,1-2H3/t14-,15+,16-/m0/s1. The van der Waals surface area contributed by atoms with Crippen molar-refractivity contribution in [1.29, 1.82) is 0 Å². The molecular formula is C19H26N4. The average Bonchev–Trinajstić information content (AvgIpc) is 2.93. The third-order valence-corrected chi connectivity index (χ3v) is 5.60. The molecule has 0 saturated carbocycles. The Bertz CT molecular complexity index is 676. The van der Waals surface area contributed by atoms with Crippen molar-refractivity contribution in [2.75, 3.05) is 18.0 Å². The van der Waals surface area contributed by atoms with Crippen molar-refractivity contribution in [3.63, 3.8) is 0 Å². The highest BCUT2D eigenvalue weighted by molar-refractivity contribution is 5.75. The maximum Gasteiger partial charge on any atom is 0.147 e. The second-order valence-electron chi connectivity index (χ2n) is 7.18. The molecular weight excluding hydrogens is 284 g/mol. The number of benzene rings is 1. The first kappa shape index (κ1) is 14.9. The Kier molecular flexibility index (Phi) is 3.93. The van der Waals surface area contributed by atoms with Crippen molar-refractivity contribution in [2.45, 2.75) is 57.7 Å². The molecule has 0 aliphatic carbocycles. The van der Waals surface area contributed by atoms with Crippen molar-refractivity contribution in [1.82, 2.24) is 14.9 Å². The lowest BCUT2D eigenvalue weighted by atomic mass is 10.0. The molecule has 0 amide bonds. The zero-order valence-electron chi connectivity index (χ0n) is 14.2. The van der Waals surface area contributed by atoms with E-state index in [1.54, 1.807) is 0 Å². The van der Waals surface area contributed by atoms with E-state index in [9.17, 15) is 0 Å². The zero-order chi connectivity index (χ0) is 15.8. The molecule has 0 radical (unpaired) electrons. The highest BCUT2D eigenvalue weighted by Gasteiger charge is 2.35. The first-order chi connectivity index (χ1) is 11.2. The van der Waals surface area contributed by atoms with Crippen LogP contribution in [0.25, 0.3) is 11.0 Å². The van der Waals surface area contributed by atoms with Crippen LogP contribution in [0.15, 0.2) is 30.5 Å². The van der Waals surface area contributed by atoms with Gasteiger partial charge in [-0.05, 0) is 51.7 Å². The summed E-state index contributed by atoms with van der Waals surface area (Å²) in [5, 5.41) is 0. The Balaban J connectivity index is 1.56. The molecule has 2 saturated heterocycles. The second kappa shape index (κ2) is 6.08. The molecule has 0 N–H and O–H groups in total. The molecule has 2 fully saturated rings. The monoisotopic (exact) mass is 310 g/mol. The number of hydrogen-bond donors (Lipinski definition) is 0. The van der Waals surface area contributed by atoms with Crippen molar-refractivity contribution in [3.8, 4) is 0 Å². The Hall–Kier alpha value is -1.68. The van der Waals surface area contributed by atoms with Crippen LogP contribution in [0.1, 0.15) is 39.5 Å². The third-order valence-electron chi connectivity index (χ3n) is 5.60. The zero-order valence-corrected chi connectivity index (χ0v) is 14.2. The summed E-state index contributed by atoms with van der Waals surface area (Å²) in [6, 6.07) is 10.2. The van der Waals surface area contributed by atoms with Gasteiger partial charge >= 0.3 is 0 Å². The molecule has 2 aromatic rings. The third kappa shape index (κ3) is 2.80. The quantitative estimate of drug-likeness (QED) is 0.850. The molecule has 0 unspecified atom stereocenters. The van der Waals surface area contributed by atoms with Crippen LogP contribution in [-0.4, -0.2) is 46.1 Å². The molecule has 3 atom stereocenters. The van der Waals surface area contributed by atoms with E-state index in [0.29, 0.717) is 6.04 Å². The molecule has 4 nitrogen and oxygen atoms in total. The maximum atomic E-state index is 4.84. The molecule has 2 aliphatic rings. The molecule has 0 bridgehead atoms. The van der Waals surface area contributed by atoms with E-state index in [4.69, 9.17) is 4.98 Å². The summed E-state index contributed by atoms with van der Waals surface area (Å²) in [5.74, 6) is 1.04. The summed E-state index contributed by atoms with van der Waals surface area (Å²) in [7, 11) is 0. The van der Waals surface area contributed by atoms with Crippen molar-refractivity contribution < 1.29 is 0 Å². The molecule has 23 heavy (non-hydrogen) atoms. The number of fused-ring (bicyclic) bond motifs is 1. The lowest BCUT2D eigenvalue weighted by Crippen LogP contribution is -2.51. The summed E-state index contributed by atoms with van der Waals surface area (Å²) in [6.07, 6.45) is 7.18. The number of hydrogen-bond acceptors (Lipinski definition) is 4. The smallest absolute Gasteiger partial charge is 0.147 e. The fraction of sp³-hybridized carbons (Fsp3) is 0.579. The van der Waals surface area contributed by atoms with E-state index in [-0.39, 0.29) is 0 Å². The minimum atomic E-state index is 0.657. The predicted octanol–water partition coefficient (Wildman–Crippen LogP) is 3.47. The van der Waals surface area contributed by atoms with Crippen LogP contribution in [-0.2, 0) is 0 Å². The van der Waals surface area contributed by atoms with E-state index in [1.807, 2.05) is 24.4 Å². The largest absolute Gasteiger partial charge is 0.354 e. The number of para-hydroxylation sites is 2. The van der Waals surface area contributed by atoms with Gasteiger partial charge in [-0.2, -0.15) is 0 Å². The number of nitrogens with zero attached hydrogens (tertiary/aromatic N) is 4. The van der Waals surface area contributed by atoms with E-state index in [2.05, 4.69) is 34.7 Å². The van der Waals surface area contributed by atoms with E-state index >= 15 is 0 Å². The van der Waals surface area contributed by atoms with Gasteiger partial charge in [-0.1, -0.05) is 12.1 Å². The SMILES string of the molecule is C[C@@H]1CC[C@H](C)N1[C@H]1CCCN(c2cnc3ccccc3n2)C1. The summed E-state index contributed by atoms with van der Waals surface area (Å²) in [5.41, 5.74) is 1.97. The van der Waals surface area contributed by atoms with E-state index < -0.39 is 0 Å². The lowest BCUT2D eigenvalue weighted by molar-refractivity contribution is 0.129. The summed E-state index contributed by atoms with van der Waals surface area (Å²) < 4.78 is 0. The number of likely N-dealkylation sites (tertiary alicyclic amines) is 1. The molecule has 1 aromatic heterocycles. The van der Waals surface area contributed by atoms with Crippen molar-refractivity contribution in [2.24, 2.45) is 0 Å². The number of anilines is 1. The van der Waals surface area contributed by atoms with Gasteiger partial charge in [-0.25, -0.2) is 4.98 Å². The maximum absolute atomic E-state index is 4.84. The topological polar surface area (TPSA) is 32.3 Å². The van der Waals surface area contributed by atoms with Crippen LogP contribution >= 0.6 is 0 Å². The first-order valence-corrected chi connectivity index (χ1v) is 8.96. The highest BCUT2D eigenvalue weighted by Crippen LogP contribution is 2.31. The van der Waals surface area contributed by atoms with Gasteiger partial charge in [-0.3, -0.25) is 9.88 Å². The van der Waals surface area contributed by atoms with Gasteiger partial charge in [0.05, 0.1) is 17.2 Å². The van der Waals surface area contributed by atoms with Gasteiger partial charge in [0.1, 0.15) is 5.82 Å². The summed E-state index contributed by atoms with van der Waals surface area (Å²) >= 11 is 0. The highest BCUT2D eigenvalue weighted by atomic mass is 15.3. The van der Waals surface area contributed by atoms with E-state index in [1.165, 1.54) is 25.7 Å². The van der Waals surface area contributed by atoms with Crippen LogP contribution in [0.3, 0.4) is 0 Å². The van der Waals surface area contributed by atoms with Gasteiger partial charge in [0, 0.05) is 31.2 Å². The Morgan fingerprint density at radius 1 is 1.00 bits per heavy atom. The number of rotatable bonds is 2. The van der Waals surface area contributed by atoms with Crippen LogP contribution in [0.4, 0.5) is 5.82 Å². The van der Waals surface area contributed by atoms with Gasteiger partial charge in [-0.15, -0.1) is 0 Å². The van der Waals surface area contributed by atoms with Crippen LogP contribution in [0.2, 0.25) is 0 Å². The molecule has 0 spiro atoms. The van der Waals surface area contributed by atoms with Gasteiger partial charge in [0.2, 0.25) is 0 Å². The van der Waals surface area contributed by atoms with E-state index in [0.717, 1.165) is 42.0 Å². The molecule has 1 aromatic carbocycles.